The van der Waals surface area contributed by atoms with Crippen molar-refractivity contribution in [2.45, 2.75) is 52.2 Å². The van der Waals surface area contributed by atoms with Crippen molar-refractivity contribution in [3.8, 4) is 6.01 Å². The molecule has 0 aliphatic heterocycles. The Balaban J connectivity index is 1.50. The van der Waals surface area contributed by atoms with Gasteiger partial charge in [0, 0.05) is 18.9 Å². The third-order valence-electron chi connectivity index (χ3n) is 4.41. The first kappa shape index (κ1) is 14.9. The van der Waals surface area contributed by atoms with Crippen LogP contribution in [0.2, 0.25) is 0 Å². The molecule has 0 spiro atoms. The van der Waals surface area contributed by atoms with E-state index in [9.17, 15) is 0 Å². The molecule has 0 saturated heterocycles. The monoisotopic (exact) mass is 301 g/mol. The predicted octanol–water partition coefficient (Wildman–Crippen LogP) is 2.86. The van der Waals surface area contributed by atoms with Gasteiger partial charge in [0.2, 0.25) is 0 Å². The maximum atomic E-state index is 5.49. The Kier molecular flexibility index (Phi) is 4.98. The molecule has 1 atom stereocenters. The van der Waals surface area contributed by atoms with Crippen molar-refractivity contribution in [2.24, 2.45) is 11.8 Å². The number of hydrogen-bond donors (Lipinski definition) is 0. The molecule has 3 rings (SSSR count). The van der Waals surface area contributed by atoms with Crippen molar-refractivity contribution >= 4 is 0 Å². The molecule has 0 amide bonds. The maximum absolute atomic E-state index is 5.49. The summed E-state index contributed by atoms with van der Waals surface area (Å²) in [6.45, 7) is 3.60. The Bertz CT molecular complexity index is 565. The van der Waals surface area contributed by atoms with Crippen LogP contribution >= 0.6 is 0 Å². The van der Waals surface area contributed by atoms with E-state index in [0.29, 0.717) is 18.5 Å². The van der Waals surface area contributed by atoms with E-state index < -0.39 is 0 Å². The average molecular weight is 301 g/mol. The average Bonchev–Trinajstić information content (AvgIpc) is 3.02. The minimum absolute atomic E-state index is 0.349. The highest BCUT2D eigenvalue weighted by Gasteiger charge is 2.20. The molecular weight excluding hydrogens is 278 g/mol. The summed E-state index contributed by atoms with van der Waals surface area (Å²) in [5.41, 5.74) is 0.809. The van der Waals surface area contributed by atoms with E-state index in [0.717, 1.165) is 18.2 Å². The van der Waals surface area contributed by atoms with Gasteiger partial charge >= 0.3 is 6.01 Å². The van der Waals surface area contributed by atoms with E-state index in [1.165, 1.54) is 32.1 Å². The molecule has 0 aromatic carbocycles. The third-order valence-corrected chi connectivity index (χ3v) is 4.41. The van der Waals surface area contributed by atoms with Crippen molar-refractivity contribution in [3.05, 3.63) is 30.4 Å². The SMILES string of the molecule is CC(Cn1cc(COc2ncccn2)nn1)C1CCCCC1. The molecule has 2 heterocycles. The first-order valence-corrected chi connectivity index (χ1v) is 8.10. The molecule has 1 saturated carbocycles. The summed E-state index contributed by atoms with van der Waals surface area (Å²) in [5.74, 6) is 1.48. The molecule has 1 fully saturated rings. The van der Waals surface area contributed by atoms with E-state index in [4.69, 9.17) is 4.74 Å². The van der Waals surface area contributed by atoms with Gasteiger partial charge < -0.3 is 4.74 Å². The van der Waals surface area contributed by atoms with E-state index in [1.54, 1.807) is 18.5 Å². The molecule has 6 nitrogen and oxygen atoms in total. The van der Waals surface area contributed by atoms with Crippen LogP contribution in [0.15, 0.2) is 24.7 Å². The molecule has 0 radical (unpaired) electrons. The normalized spacial score (nSPS) is 17.3. The van der Waals surface area contributed by atoms with Gasteiger partial charge in [-0.2, -0.15) is 0 Å². The van der Waals surface area contributed by atoms with Gasteiger partial charge in [0.05, 0.1) is 6.20 Å². The summed E-state index contributed by atoms with van der Waals surface area (Å²) in [7, 11) is 0. The van der Waals surface area contributed by atoms with Crippen LogP contribution in [-0.4, -0.2) is 25.0 Å². The molecule has 22 heavy (non-hydrogen) atoms. The van der Waals surface area contributed by atoms with Gasteiger partial charge in [-0.05, 0) is 17.9 Å². The molecule has 118 valence electrons. The van der Waals surface area contributed by atoms with Crippen molar-refractivity contribution in [2.75, 3.05) is 0 Å². The van der Waals surface area contributed by atoms with Gasteiger partial charge in [-0.3, -0.25) is 4.68 Å². The predicted molar refractivity (Wildman–Crippen MR) is 82.1 cm³/mol. The lowest BCUT2D eigenvalue weighted by Gasteiger charge is -2.27. The minimum atomic E-state index is 0.349. The molecule has 6 heteroatoms. The third kappa shape index (κ3) is 4.02. The number of rotatable bonds is 6. The van der Waals surface area contributed by atoms with Crippen LogP contribution in [-0.2, 0) is 13.2 Å². The highest BCUT2D eigenvalue weighted by molar-refractivity contribution is 4.96. The van der Waals surface area contributed by atoms with Crippen LogP contribution in [0, 0.1) is 11.8 Å². The molecule has 1 aliphatic carbocycles. The van der Waals surface area contributed by atoms with E-state index in [-0.39, 0.29) is 0 Å². The number of nitrogens with zero attached hydrogens (tertiary/aromatic N) is 5. The fraction of sp³-hybridized carbons (Fsp3) is 0.625. The van der Waals surface area contributed by atoms with Crippen molar-refractivity contribution in [1.82, 2.24) is 25.0 Å². The Morgan fingerprint density at radius 2 is 2.00 bits per heavy atom. The Hall–Kier alpha value is -1.98. The van der Waals surface area contributed by atoms with Gasteiger partial charge in [-0.1, -0.05) is 44.2 Å². The summed E-state index contributed by atoms with van der Waals surface area (Å²) < 4.78 is 7.42. The lowest BCUT2D eigenvalue weighted by Crippen LogP contribution is -2.20. The lowest BCUT2D eigenvalue weighted by molar-refractivity contribution is 0.234. The van der Waals surface area contributed by atoms with Gasteiger partial charge in [-0.25, -0.2) is 9.97 Å². The minimum Gasteiger partial charge on any atom is -0.457 e. The van der Waals surface area contributed by atoms with Crippen LogP contribution in [0.4, 0.5) is 0 Å². The van der Waals surface area contributed by atoms with Gasteiger partial charge in [-0.15, -0.1) is 5.10 Å². The van der Waals surface area contributed by atoms with E-state index in [2.05, 4.69) is 27.2 Å². The van der Waals surface area contributed by atoms with E-state index in [1.807, 2.05) is 10.9 Å². The van der Waals surface area contributed by atoms with Crippen molar-refractivity contribution in [3.63, 3.8) is 0 Å². The summed E-state index contributed by atoms with van der Waals surface area (Å²) in [5, 5.41) is 8.37. The molecule has 1 aliphatic rings. The molecule has 0 N–H and O–H groups in total. The summed E-state index contributed by atoms with van der Waals surface area (Å²) in [6.07, 6.45) is 12.1. The number of aromatic nitrogens is 5. The lowest BCUT2D eigenvalue weighted by atomic mass is 9.81. The zero-order valence-corrected chi connectivity index (χ0v) is 13.1. The second kappa shape index (κ2) is 7.33. The van der Waals surface area contributed by atoms with Gasteiger partial charge in [0.25, 0.3) is 0 Å². The Morgan fingerprint density at radius 3 is 2.77 bits per heavy atom. The highest BCUT2D eigenvalue weighted by Crippen LogP contribution is 2.30. The molecule has 2 aromatic heterocycles. The molecule has 1 unspecified atom stereocenters. The maximum Gasteiger partial charge on any atom is 0.316 e. The Morgan fingerprint density at radius 1 is 1.23 bits per heavy atom. The van der Waals surface area contributed by atoms with E-state index >= 15 is 0 Å². The standard InChI is InChI=1S/C16H23N5O/c1-13(14-6-3-2-4-7-14)10-21-11-15(19-20-21)12-22-16-17-8-5-9-18-16/h5,8-9,11,13-14H,2-4,6-7,10,12H2,1H3. The topological polar surface area (TPSA) is 65.7 Å². The quantitative estimate of drug-likeness (QED) is 0.821. The largest absolute Gasteiger partial charge is 0.457 e. The van der Waals surface area contributed by atoms with Gasteiger partial charge in [0.15, 0.2) is 0 Å². The fourth-order valence-corrected chi connectivity index (χ4v) is 3.14. The first-order chi connectivity index (χ1) is 10.8. The highest BCUT2D eigenvalue weighted by atomic mass is 16.5. The second-order valence-corrected chi connectivity index (χ2v) is 6.13. The van der Waals surface area contributed by atoms with Crippen LogP contribution in [0.3, 0.4) is 0 Å². The summed E-state index contributed by atoms with van der Waals surface area (Å²) in [4.78, 5) is 8.04. The zero-order valence-electron chi connectivity index (χ0n) is 13.1. The second-order valence-electron chi connectivity index (χ2n) is 6.13. The molecule has 0 bridgehead atoms. The zero-order chi connectivity index (χ0) is 15.2. The molecular formula is C16H23N5O. The summed E-state index contributed by atoms with van der Waals surface area (Å²) in [6, 6.07) is 2.13. The fourth-order valence-electron chi connectivity index (χ4n) is 3.14. The molecule has 2 aromatic rings. The van der Waals surface area contributed by atoms with Crippen LogP contribution in [0.1, 0.15) is 44.7 Å². The van der Waals surface area contributed by atoms with Crippen LogP contribution in [0.25, 0.3) is 0 Å². The van der Waals surface area contributed by atoms with Crippen molar-refractivity contribution < 1.29 is 4.74 Å². The van der Waals surface area contributed by atoms with Crippen molar-refractivity contribution in [1.29, 1.82) is 0 Å². The van der Waals surface area contributed by atoms with Crippen LogP contribution in [0.5, 0.6) is 6.01 Å². The smallest absolute Gasteiger partial charge is 0.316 e. The number of hydrogen-bond acceptors (Lipinski definition) is 5. The Labute approximate surface area is 130 Å². The summed E-state index contributed by atoms with van der Waals surface area (Å²) >= 11 is 0. The first-order valence-electron chi connectivity index (χ1n) is 8.10. The van der Waals surface area contributed by atoms with Crippen LogP contribution < -0.4 is 4.74 Å². The van der Waals surface area contributed by atoms with Gasteiger partial charge in [0.1, 0.15) is 12.3 Å². The number of ether oxygens (including phenoxy) is 1.